The second-order valence-electron chi connectivity index (χ2n) is 9.27. The van der Waals surface area contributed by atoms with Gasteiger partial charge in [0, 0.05) is 42.5 Å². The van der Waals surface area contributed by atoms with Gasteiger partial charge in [-0.2, -0.15) is 0 Å². The molecule has 0 aliphatic carbocycles. The predicted octanol–water partition coefficient (Wildman–Crippen LogP) is 4.73. The number of carbonyl (C=O) groups excluding carboxylic acids is 1. The number of aromatic hydroxyl groups is 1. The second-order valence-corrected chi connectivity index (χ2v) is 9.27. The zero-order valence-corrected chi connectivity index (χ0v) is 21.3. The van der Waals surface area contributed by atoms with Crippen molar-refractivity contribution >= 4 is 27.7 Å². The van der Waals surface area contributed by atoms with Gasteiger partial charge >= 0.3 is 0 Å². The van der Waals surface area contributed by atoms with Gasteiger partial charge in [0.2, 0.25) is 5.91 Å². The number of nitrogens with one attached hydrogen (secondary N) is 2. The van der Waals surface area contributed by atoms with Crippen molar-refractivity contribution in [2.45, 2.75) is 19.3 Å². The molecular weight excluding hydrogens is 485 g/mol. The van der Waals surface area contributed by atoms with Gasteiger partial charge in [0.15, 0.2) is 11.6 Å². The average molecular weight is 514 g/mol. The lowest BCUT2D eigenvalue weighted by molar-refractivity contribution is -0.118. The number of H-pyrrole nitrogens is 1. The molecule has 0 saturated heterocycles. The number of aromatic nitrogens is 2. The number of hydrogen-bond donors (Lipinski definition) is 3. The molecule has 5 aromatic rings. The average Bonchev–Trinajstić information content (AvgIpc) is 3.27. The van der Waals surface area contributed by atoms with Gasteiger partial charge in [-0.05, 0) is 47.9 Å². The Hall–Kier alpha value is -4.59. The van der Waals surface area contributed by atoms with E-state index in [0.29, 0.717) is 35.1 Å². The highest BCUT2D eigenvalue weighted by atomic mass is 19.1. The molecule has 0 fully saturated rings. The van der Waals surface area contributed by atoms with Crippen LogP contribution in [-0.2, 0) is 18.3 Å². The number of hydrogen-bond acceptors (Lipinski definition) is 4. The summed E-state index contributed by atoms with van der Waals surface area (Å²) in [6.07, 6.45) is 0.461. The van der Waals surface area contributed by atoms with Gasteiger partial charge in [-0.25, -0.2) is 4.39 Å². The van der Waals surface area contributed by atoms with Crippen LogP contribution in [0, 0.1) is 5.82 Å². The van der Waals surface area contributed by atoms with E-state index in [1.165, 1.54) is 30.7 Å². The summed E-state index contributed by atoms with van der Waals surface area (Å²) in [4.78, 5) is 28.9. The summed E-state index contributed by atoms with van der Waals surface area (Å²) in [6.45, 7) is 1.82. The van der Waals surface area contributed by atoms with Gasteiger partial charge in [0.05, 0.1) is 24.1 Å². The molecule has 0 radical (unpaired) electrons. The fourth-order valence-electron chi connectivity index (χ4n) is 5.20. The van der Waals surface area contributed by atoms with Gasteiger partial charge in [-0.1, -0.05) is 36.4 Å². The van der Waals surface area contributed by atoms with Crippen LogP contribution >= 0.6 is 0 Å². The maximum Gasteiger partial charge on any atom is 0.258 e. The van der Waals surface area contributed by atoms with Crippen molar-refractivity contribution in [2.75, 3.05) is 13.7 Å². The SMILES string of the molecule is COc1ccc(C(c2[nH]c3ccccc3c2CCNC(C)=O)c2c(O)c3ccccc3n(C)c2=O)cc1F. The van der Waals surface area contributed by atoms with Gasteiger partial charge < -0.3 is 24.7 Å². The molecule has 0 bridgehead atoms. The summed E-state index contributed by atoms with van der Waals surface area (Å²) in [5.74, 6) is -1.65. The largest absolute Gasteiger partial charge is 0.507 e. The first-order chi connectivity index (χ1) is 18.3. The van der Waals surface area contributed by atoms with E-state index in [1.807, 2.05) is 24.3 Å². The summed E-state index contributed by atoms with van der Waals surface area (Å²) in [5, 5.41) is 15.8. The molecule has 3 aromatic carbocycles. The molecule has 1 amide bonds. The van der Waals surface area contributed by atoms with E-state index in [4.69, 9.17) is 4.74 Å². The van der Waals surface area contributed by atoms with Crippen LogP contribution < -0.4 is 15.6 Å². The Labute approximate surface area is 218 Å². The number of fused-ring (bicyclic) bond motifs is 2. The Morgan fingerprint density at radius 1 is 1.11 bits per heavy atom. The molecule has 7 nitrogen and oxygen atoms in total. The van der Waals surface area contributed by atoms with Crippen LogP contribution in [-0.4, -0.2) is 34.2 Å². The zero-order chi connectivity index (χ0) is 27.0. The molecule has 8 heteroatoms. The topological polar surface area (TPSA) is 96.3 Å². The van der Waals surface area contributed by atoms with Crippen LogP contribution in [0.2, 0.25) is 0 Å². The third-order valence-corrected chi connectivity index (χ3v) is 6.99. The van der Waals surface area contributed by atoms with Crippen molar-refractivity contribution in [3.8, 4) is 11.5 Å². The number of aromatic amines is 1. The monoisotopic (exact) mass is 513 g/mol. The minimum absolute atomic E-state index is 0.0747. The van der Waals surface area contributed by atoms with Crippen molar-refractivity contribution in [1.29, 1.82) is 0 Å². The molecule has 1 atom stereocenters. The van der Waals surface area contributed by atoms with Gasteiger partial charge in [-0.3, -0.25) is 9.59 Å². The zero-order valence-electron chi connectivity index (χ0n) is 21.3. The number of amides is 1. The maximum absolute atomic E-state index is 15.0. The van der Waals surface area contributed by atoms with Crippen LogP contribution in [0.3, 0.4) is 0 Å². The Morgan fingerprint density at radius 3 is 2.53 bits per heavy atom. The molecule has 0 spiro atoms. The molecular formula is C30H28FN3O4. The normalized spacial score (nSPS) is 12.1. The fourth-order valence-corrected chi connectivity index (χ4v) is 5.20. The van der Waals surface area contributed by atoms with E-state index >= 15 is 4.39 Å². The van der Waals surface area contributed by atoms with Crippen molar-refractivity contribution in [3.63, 3.8) is 0 Å². The Kier molecular flexibility index (Phi) is 6.63. The van der Waals surface area contributed by atoms with Crippen molar-refractivity contribution < 1.29 is 19.0 Å². The number of ether oxygens (including phenoxy) is 1. The standard InChI is InChI=1S/C30H28FN3O4/c1-17(35)32-15-14-20-19-8-4-6-10-23(19)33-28(20)26(18-12-13-25(38-3)22(31)16-18)27-29(36)21-9-5-7-11-24(21)34(2)30(27)37/h4-13,16,26,33,36H,14-15H2,1-3H3,(H,32,35). The van der Waals surface area contributed by atoms with Gasteiger partial charge in [0.1, 0.15) is 5.75 Å². The third kappa shape index (κ3) is 4.28. The van der Waals surface area contributed by atoms with Gasteiger partial charge in [-0.15, -0.1) is 0 Å². The molecule has 194 valence electrons. The van der Waals surface area contributed by atoms with Crippen LogP contribution in [0.1, 0.15) is 35.2 Å². The number of methoxy groups -OCH3 is 1. The number of halogens is 1. The van der Waals surface area contributed by atoms with E-state index in [2.05, 4.69) is 10.3 Å². The number of rotatable bonds is 7. The Balaban J connectivity index is 1.84. The summed E-state index contributed by atoms with van der Waals surface area (Å²) < 4.78 is 21.7. The molecule has 1 unspecified atom stereocenters. The molecule has 2 aromatic heterocycles. The molecule has 0 saturated carbocycles. The summed E-state index contributed by atoms with van der Waals surface area (Å²) in [6, 6.07) is 19.4. The number of benzene rings is 3. The van der Waals surface area contributed by atoms with Crippen molar-refractivity contribution in [2.24, 2.45) is 7.05 Å². The van der Waals surface area contributed by atoms with Crippen LogP contribution in [0.4, 0.5) is 4.39 Å². The van der Waals surface area contributed by atoms with Crippen LogP contribution in [0.15, 0.2) is 71.5 Å². The highest BCUT2D eigenvalue weighted by Crippen LogP contribution is 2.41. The minimum Gasteiger partial charge on any atom is -0.507 e. The molecule has 0 aliphatic rings. The second kappa shape index (κ2) is 10.0. The van der Waals surface area contributed by atoms with Crippen LogP contribution in [0.5, 0.6) is 11.5 Å². The smallest absolute Gasteiger partial charge is 0.258 e. The van der Waals surface area contributed by atoms with E-state index in [9.17, 15) is 14.7 Å². The van der Waals surface area contributed by atoms with Crippen molar-refractivity contribution in [1.82, 2.24) is 14.9 Å². The lowest BCUT2D eigenvalue weighted by Gasteiger charge is -2.22. The molecule has 38 heavy (non-hydrogen) atoms. The summed E-state index contributed by atoms with van der Waals surface area (Å²) in [5.41, 5.74) is 3.13. The summed E-state index contributed by atoms with van der Waals surface area (Å²) >= 11 is 0. The van der Waals surface area contributed by atoms with E-state index < -0.39 is 17.3 Å². The molecule has 2 heterocycles. The van der Waals surface area contributed by atoms with E-state index in [1.54, 1.807) is 37.4 Å². The predicted molar refractivity (Wildman–Crippen MR) is 145 cm³/mol. The first-order valence-corrected chi connectivity index (χ1v) is 12.3. The van der Waals surface area contributed by atoms with E-state index in [0.717, 1.165) is 16.5 Å². The Bertz CT molecular complexity index is 1740. The lowest BCUT2D eigenvalue weighted by Crippen LogP contribution is -2.26. The van der Waals surface area contributed by atoms with Crippen molar-refractivity contribution in [3.05, 3.63) is 105 Å². The van der Waals surface area contributed by atoms with Gasteiger partial charge in [0.25, 0.3) is 5.56 Å². The summed E-state index contributed by atoms with van der Waals surface area (Å²) in [7, 11) is 3.04. The fraction of sp³-hybridized carbons (Fsp3) is 0.200. The first kappa shape index (κ1) is 25.1. The lowest BCUT2D eigenvalue weighted by atomic mass is 9.85. The molecule has 5 rings (SSSR count). The maximum atomic E-state index is 15.0. The molecule has 3 N–H and O–H groups in total. The number of nitrogens with zero attached hydrogens (tertiary/aromatic N) is 1. The number of carbonyl (C=O) groups is 1. The first-order valence-electron chi connectivity index (χ1n) is 12.3. The number of pyridine rings is 1. The Morgan fingerprint density at radius 2 is 1.82 bits per heavy atom. The quantitative estimate of drug-likeness (QED) is 0.293. The van der Waals surface area contributed by atoms with E-state index in [-0.39, 0.29) is 23.0 Å². The minimum atomic E-state index is -0.835. The number of aryl methyl sites for hydroxylation is 1. The third-order valence-electron chi connectivity index (χ3n) is 6.99. The highest BCUT2D eigenvalue weighted by Gasteiger charge is 2.30. The molecule has 0 aliphatic heterocycles. The number of para-hydroxylation sites is 2. The highest BCUT2D eigenvalue weighted by molar-refractivity contribution is 5.88. The van der Waals surface area contributed by atoms with Crippen LogP contribution in [0.25, 0.3) is 21.8 Å².